The smallest absolute Gasteiger partial charge is 0.267 e. The number of carbonyl (C=O) groups excluding carboxylic acids is 2. The molecule has 1 fully saturated rings. The lowest BCUT2D eigenvalue weighted by Crippen LogP contribution is -2.47. The van der Waals surface area contributed by atoms with E-state index < -0.39 is 48.7 Å². The molecule has 33 heteroatoms. The van der Waals surface area contributed by atoms with Crippen molar-refractivity contribution in [1.29, 1.82) is 0 Å². The molecule has 11 aromatic rings. The summed E-state index contributed by atoms with van der Waals surface area (Å²) in [6.45, 7) is 13.4. The summed E-state index contributed by atoms with van der Waals surface area (Å²) in [6, 6.07) is 30.6. The second kappa shape index (κ2) is 32.6. The first-order valence-corrected chi connectivity index (χ1v) is 34.9. The number of fused-ring (bicyclic) bond motifs is 2. The summed E-state index contributed by atoms with van der Waals surface area (Å²) in [6.07, 6.45) is 6.39. The van der Waals surface area contributed by atoms with E-state index in [1.807, 2.05) is 80.8 Å². The van der Waals surface area contributed by atoms with Crippen molar-refractivity contribution >= 4 is 152 Å². The Hall–Kier alpha value is -9.34. The highest BCUT2D eigenvalue weighted by Crippen LogP contribution is 2.34. The summed E-state index contributed by atoms with van der Waals surface area (Å²) in [5.41, 5.74) is 6.01. The molecule has 0 atom stereocenters. The van der Waals surface area contributed by atoms with Crippen molar-refractivity contribution in [2.24, 2.45) is 12.2 Å². The average molecular weight is 1470 g/mol. The number of anilines is 9. The van der Waals surface area contributed by atoms with E-state index in [2.05, 4.69) is 70.5 Å². The van der Waals surface area contributed by atoms with Gasteiger partial charge in [0, 0.05) is 115 Å². The number of nitrogens with one attached hydrogen (secondary N) is 5. The number of halogens is 5. The van der Waals surface area contributed by atoms with Crippen LogP contribution in [0.3, 0.4) is 0 Å². The first-order chi connectivity index (χ1) is 46.3. The number of carbonyl (C=O) groups is 2. The van der Waals surface area contributed by atoms with Crippen LogP contribution in [0.25, 0.3) is 33.1 Å². The van der Waals surface area contributed by atoms with Gasteiger partial charge in [-0.3, -0.25) is 23.9 Å². The highest BCUT2D eigenvalue weighted by atomic mass is 35.5. The minimum Gasteiger partial charge on any atom is -0.412 e. The molecule has 12 rings (SSSR count). The Morgan fingerprint density at radius 3 is 2.27 bits per heavy atom. The van der Waals surface area contributed by atoms with Gasteiger partial charge >= 0.3 is 0 Å². The lowest BCUT2D eigenvalue weighted by Gasteiger charge is -2.35. The van der Waals surface area contributed by atoms with Crippen LogP contribution in [0.2, 0.25) is 10.0 Å². The summed E-state index contributed by atoms with van der Waals surface area (Å²) in [5, 5.41) is 31.2. The van der Waals surface area contributed by atoms with E-state index in [1.54, 1.807) is 80.8 Å². The van der Waals surface area contributed by atoms with Crippen molar-refractivity contribution in [2.75, 3.05) is 82.6 Å². The number of hydrogen-bond donors (Lipinski definition) is 7. The maximum atomic E-state index is 15.1. The summed E-state index contributed by atoms with van der Waals surface area (Å²) < 4.78 is 81.2. The number of β-amino-alcohol motifs (C(OH)–C–C–N with tert-alkyl or cyclic N) is 1. The summed E-state index contributed by atoms with van der Waals surface area (Å²) in [4.78, 5) is 62.1. The fraction of sp³-hybridized carbons (Fsp3) is 0.227. The van der Waals surface area contributed by atoms with Crippen LogP contribution in [0.5, 0.6) is 0 Å². The number of amides is 1. The number of aromatic amines is 1. The first kappa shape index (κ1) is 75.4. The van der Waals surface area contributed by atoms with Crippen LogP contribution < -0.4 is 35.6 Å². The number of aromatic nitrogens is 9. The molecule has 1 saturated heterocycles. The first-order valence-electron chi connectivity index (χ1n) is 30.2. The Kier molecular flexibility index (Phi) is 24.8. The predicted molar refractivity (Wildman–Crippen MR) is 388 cm³/mol. The Morgan fingerprint density at radius 1 is 0.818 bits per heavy atom. The number of piperazine rings is 1. The van der Waals surface area contributed by atoms with E-state index in [0.29, 0.717) is 90.0 Å². The zero-order valence-corrected chi connectivity index (χ0v) is 59.2. The van der Waals surface area contributed by atoms with Gasteiger partial charge in [-0.05, 0) is 124 Å². The van der Waals surface area contributed by atoms with Gasteiger partial charge in [-0.2, -0.15) is 10.1 Å². The van der Waals surface area contributed by atoms with Crippen LogP contribution in [-0.4, -0.2) is 141 Å². The molecule has 25 nitrogen and oxygen atoms in total. The van der Waals surface area contributed by atoms with Crippen LogP contribution in [0, 0.1) is 39.3 Å². The van der Waals surface area contributed by atoms with Crippen molar-refractivity contribution in [3.63, 3.8) is 0 Å². The molecule has 1 aliphatic heterocycles. The standard InChI is InChI=1S/C23H18ClF2N3O3S.C22H26ClN7O2S.C21H23N7O2S.ClH.H2O/c1-2-9-33(31,32)29-19-8-7-18(25)20(21(19)26)22(30)17-12-28-23-16(17)10-14(11-27-23)13-3-5-15(24)6-4-13;1-14-4-3-5-16(23)20(14)28-21(32)17-13-24-22(33-17)27-18-12-19(26-15(2)25-18)30-8-6-29(7-9-30)10-11-31;1-13-5-6-15(11-19(13)31(22,29)30)24-21-23-10-9-20(25-21)27(3)16-7-8-17-14(2)28(4)26-18(17)12-16;;/h3-8,10-12,29H,2,9H2,1H3,(H,27,28);3-5,12-13,31H,6-11H2,1-2H3,(H,28,32)(H,24,25,26,27);5-12H,1-4H3,(H2,22,29,30)(H,23,24,25);1H;1H2. The number of sulfonamides is 2. The predicted octanol–water partition coefficient (Wildman–Crippen LogP) is 11.6. The number of aryl methyl sites for hydroxylation is 5. The Morgan fingerprint density at radius 2 is 1.57 bits per heavy atom. The number of para-hydroxylation sites is 1. The van der Waals surface area contributed by atoms with Gasteiger partial charge < -0.3 is 41.3 Å². The van der Waals surface area contributed by atoms with Gasteiger partial charge in [0.05, 0.1) is 50.9 Å². The number of pyridine rings is 1. The average Bonchev–Trinajstić information content (AvgIpc) is 1.74. The second-order valence-corrected chi connectivity index (χ2v) is 27.7. The molecule has 6 aromatic heterocycles. The highest BCUT2D eigenvalue weighted by Gasteiger charge is 2.27. The minimum atomic E-state index is -3.84. The van der Waals surface area contributed by atoms with E-state index in [4.69, 9.17) is 33.4 Å². The quantitative estimate of drug-likeness (QED) is 0.0370. The van der Waals surface area contributed by atoms with E-state index >= 15 is 4.39 Å². The summed E-state index contributed by atoms with van der Waals surface area (Å²) >= 11 is 13.4. The monoisotopic (exact) mass is 1470 g/mol. The molecule has 0 aliphatic carbocycles. The normalized spacial score (nSPS) is 12.3. The maximum Gasteiger partial charge on any atom is 0.267 e. The van der Waals surface area contributed by atoms with Crippen LogP contribution in [-0.2, 0) is 27.1 Å². The van der Waals surface area contributed by atoms with Gasteiger partial charge in [-0.15, -0.1) is 12.4 Å². The highest BCUT2D eigenvalue weighted by molar-refractivity contribution is 7.92. The molecule has 0 bridgehead atoms. The Bertz CT molecular complexity index is 4970. The van der Waals surface area contributed by atoms with Crippen LogP contribution in [0.1, 0.15) is 61.6 Å². The molecule has 5 aromatic carbocycles. The number of thiazole rings is 1. The van der Waals surface area contributed by atoms with Crippen molar-refractivity contribution in [3.05, 3.63) is 194 Å². The molecule has 0 unspecified atom stereocenters. The van der Waals surface area contributed by atoms with Gasteiger partial charge in [0.25, 0.3) is 5.91 Å². The van der Waals surface area contributed by atoms with E-state index in [0.717, 1.165) is 77.5 Å². The van der Waals surface area contributed by atoms with E-state index in [9.17, 15) is 30.8 Å². The molecule has 0 saturated carbocycles. The summed E-state index contributed by atoms with van der Waals surface area (Å²) in [7, 11) is -3.83. The lowest BCUT2D eigenvalue weighted by atomic mass is 10.00. The molecule has 0 radical (unpaired) electrons. The van der Waals surface area contributed by atoms with Crippen molar-refractivity contribution in [2.45, 2.75) is 45.9 Å². The van der Waals surface area contributed by atoms with Crippen molar-refractivity contribution < 1.29 is 45.8 Å². The molecule has 10 N–H and O–H groups in total. The Balaban J connectivity index is 0.000000187. The molecule has 520 valence electrons. The number of benzene rings is 5. The van der Waals surface area contributed by atoms with Crippen LogP contribution in [0.4, 0.5) is 60.1 Å². The van der Waals surface area contributed by atoms with E-state index in [1.165, 1.54) is 29.8 Å². The van der Waals surface area contributed by atoms with Crippen molar-refractivity contribution in [3.8, 4) is 11.1 Å². The third kappa shape index (κ3) is 18.3. The molecule has 99 heavy (non-hydrogen) atoms. The van der Waals surface area contributed by atoms with Crippen molar-refractivity contribution in [1.82, 2.24) is 49.6 Å². The molecule has 1 aliphatic rings. The van der Waals surface area contributed by atoms with Crippen LogP contribution >= 0.6 is 46.9 Å². The number of aliphatic hydroxyl groups excluding tert-OH is 1. The minimum absolute atomic E-state index is 0. The van der Waals surface area contributed by atoms with Gasteiger partial charge in [-0.1, -0.05) is 71.8 Å². The fourth-order valence-corrected chi connectivity index (χ4v) is 13.5. The number of nitrogens with two attached hydrogens (primary N) is 1. The molecule has 7 heterocycles. The number of nitrogens with zero attached hydrogens (tertiary/aromatic N) is 11. The molecule has 0 spiro atoms. The van der Waals surface area contributed by atoms with Gasteiger partial charge in [0.1, 0.15) is 39.6 Å². The lowest BCUT2D eigenvalue weighted by molar-refractivity contribution is 0.102. The number of primary sulfonamides is 1. The zero-order valence-electron chi connectivity index (χ0n) is 54.4. The number of hydrogen-bond acceptors (Lipinski definition) is 20. The van der Waals surface area contributed by atoms with Crippen LogP contribution in [0.15, 0.2) is 139 Å². The number of ketones is 1. The topological polar surface area (TPSA) is 349 Å². The molecular formula is C66H70Cl3F2N17O8S3. The zero-order chi connectivity index (χ0) is 69.5. The van der Waals surface area contributed by atoms with Gasteiger partial charge in [-0.25, -0.2) is 55.7 Å². The fourth-order valence-electron chi connectivity index (χ4n) is 10.5. The number of aliphatic hydroxyl groups is 1. The SMILES string of the molecule is CCCS(=O)(=O)Nc1ccc(F)c(C(=O)c2c[nH]c3ncc(-c4ccc(Cl)cc4)cc23)c1F.Cc1ccc(Nc2nccc(N(C)c3ccc4c(C)n(C)nc4c3)n2)cc1S(N)(=O)=O.Cc1nc(Nc2ncc(C(=O)Nc3c(C)cccc3Cl)s2)cc(N2CCN(CCO)CC2)n1.Cl.O. The molecular weight excluding hydrogens is 1400 g/mol. The second-order valence-electron chi connectivity index (χ2n) is 22.5. The number of rotatable bonds is 19. The Labute approximate surface area is 589 Å². The summed E-state index contributed by atoms with van der Waals surface area (Å²) in [5.74, 6) is -0.712. The largest absolute Gasteiger partial charge is 0.412 e. The number of H-pyrrole nitrogens is 1. The van der Waals surface area contributed by atoms with E-state index in [-0.39, 0.29) is 46.6 Å². The van der Waals surface area contributed by atoms with Gasteiger partial charge in [0.15, 0.2) is 10.9 Å². The third-order valence-corrected chi connectivity index (χ3v) is 19.6. The van der Waals surface area contributed by atoms with Gasteiger partial charge in [0.2, 0.25) is 31.8 Å². The third-order valence-electron chi connectivity index (χ3n) is 15.6. The molecule has 1 amide bonds. The maximum absolute atomic E-state index is 15.1.